The fraction of sp³-hybridized carbons (Fsp3) is 0.344. The maximum atomic E-state index is 11.5. The van der Waals surface area contributed by atoms with E-state index in [9.17, 15) is 9.90 Å². The second-order valence-corrected chi connectivity index (χ2v) is 10.9. The number of carbonyl (C=O) groups is 1. The van der Waals surface area contributed by atoms with Crippen molar-refractivity contribution in [1.82, 2.24) is 14.5 Å². The molecule has 2 aliphatic rings. The number of nitrogens with zero attached hydrogens (tertiary/aromatic N) is 4. The minimum absolute atomic E-state index is 0.219. The van der Waals surface area contributed by atoms with Crippen LogP contribution in [-0.2, 0) is 23.3 Å². The topological polar surface area (TPSA) is 91.4 Å². The van der Waals surface area contributed by atoms with Crippen LogP contribution in [0, 0.1) is 17.2 Å². The van der Waals surface area contributed by atoms with Gasteiger partial charge in [-0.05, 0) is 72.6 Å². The summed E-state index contributed by atoms with van der Waals surface area (Å²) >= 11 is 0. The number of likely N-dealkylation sites (tertiary alicyclic amines) is 1. The number of rotatable bonds is 8. The molecular formula is C32H32N4O3. The smallest absolute Gasteiger partial charge is 0.407 e. The summed E-state index contributed by atoms with van der Waals surface area (Å²) in [6.07, 6.45) is 3.11. The highest BCUT2D eigenvalue weighted by Crippen LogP contribution is 2.37. The van der Waals surface area contributed by atoms with Gasteiger partial charge in [0.25, 0.3) is 0 Å². The highest BCUT2D eigenvalue weighted by atomic mass is 16.5. The molecule has 2 heterocycles. The summed E-state index contributed by atoms with van der Waals surface area (Å²) in [5.41, 5.74) is 5.83. The van der Waals surface area contributed by atoms with Crippen LogP contribution in [0.4, 0.5) is 4.79 Å². The molecule has 1 aliphatic heterocycles. The van der Waals surface area contributed by atoms with Gasteiger partial charge in [-0.25, -0.2) is 9.78 Å². The first-order chi connectivity index (χ1) is 19.0. The molecule has 7 nitrogen and oxygen atoms in total. The third kappa shape index (κ3) is 5.25. The number of amides is 1. The lowest BCUT2D eigenvalue weighted by Crippen LogP contribution is -2.47. The Hall–Kier alpha value is -4.15. The molecule has 1 N–H and O–H groups in total. The molecule has 0 unspecified atom stereocenters. The Morgan fingerprint density at radius 3 is 2.41 bits per heavy atom. The monoisotopic (exact) mass is 520 g/mol. The SMILES string of the molecule is N#Cc1ccc(-c2ccc3c(c2)nc(COCC2(c4ccccc4)CCN(C(=O)O)CC2)n3CC2CC2)cc1. The molecular weight excluding hydrogens is 488 g/mol. The van der Waals surface area contributed by atoms with Gasteiger partial charge in [-0.3, -0.25) is 0 Å². The predicted octanol–water partition coefficient (Wildman–Crippen LogP) is 6.21. The van der Waals surface area contributed by atoms with Crippen LogP contribution in [0.1, 0.15) is 42.6 Å². The quantitative estimate of drug-likeness (QED) is 0.298. The minimum Gasteiger partial charge on any atom is -0.465 e. The summed E-state index contributed by atoms with van der Waals surface area (Å²) in [6, 6.07) is 26.6. The van der Waals surface area contributed by atoms with Gasteiger partial charge in [-0.2, -0.15) is 5.26 Å². The molecule has 39 heavy (non-hydrogen) atoms. The Bertz CT molecular complexity index is 1510. The van der Waals surface area contributed by atoms with E-state index in [1.54, 1.807) is 0 Å². The van der Waals surface area contributed by atoms with Crippen molar-refractivity contribution in [3.05, 3.63) is 89.7 Å². The molecule has 0 bridgehead atoms. The second kappa shape index (κ2) is 10.5. The van der Waals surface area contributed by atoms with Gasteiger partial charge in [-0.1, -0.05) is 48.5 Å². The summed E-state index contributed by atoms with van der Waals surface area (Å²) in [5.74, 6) is 1.62. The third-order valence-corrected chi connectivity index (χ3v) is 8.30. The molecule has 198 valence electrons. The van der Waals surface area contributed by atoms with E-state index < -0.39 is 6.09 Å². The Morgan fingerprint density at radius 1 is 1.03 bits per heavy atom. The maximum absolute atomic E-state index is 11.5. The molecule has 6 rings (SSSR count). The van der Waals surface area contributed by atoms with E-state index in [0.717, 1.165) is 47.4 Å². The number of hydrogen-bond donors (Lipinski definition) is 1. The lowest BCUT2D eigenvalue weighted by Gasteiger charge is -2.41. The molecule has 1 amide bonds. The number of nitriles is 1. The van der Waals surface area contributed by atoms with Crippen LogP contribution in [0.3, 0.4) is 0 Å². The molecule has 1 aromatic heterocycles. The summed E-state index contributed by atoms with van der Waals surface area (Å²) in [4.78, 5) is 18.1. The second-order valence-electron chi connectivity index (χ2n) is 10.9. The van der Waals surface area contributed by atoms with Gasteiger partial charge in [0.05, 0.1) is 29.3 Å². The van der Waals surface area contributed by atoms with Gasteiger partial charge >= 0.3 is 6.09 Å². The van der Waals surface area contributed by atoms with Gasteiger partial charge in [0, 0.05) is 25.0 Å². The van der Waals surface area contributed by atoms with Crippen LogP contribution in [0.2, 0.25) is 0 Å². The Morgan fingerprint density at radius 2 is 1.74 bits per heavy atom. The first-order valence-corrected chi connectivity index (χ1v) is 13.7. The molecule has 0 spiro atoms. The van der Waals surface area contributed by atoms with Gasteiger partial charge in [0.2, 0.25) is 0 Å². The van der Waals surface area contributed by atoms with Crippen molar-refractivity contribution in [3.63, 3.8) is 0 Å². The zero-order chi connectivity index (χ0) is 26.8. The van der Waals surface area contributed by atoms with Crippen molar-refractivity contribution in [2.24, 2.45) is 5.92 Å². The number of imidazole rings is 1. The molecule has 7 heteroatoms. The zero-order valence-electron chi connectivity index (χ0n) is 21.9. The van der Waals surface area contributed by atoms with Gasteiger partial charge < -0.3 is 19.3 Å². The van der Waals surface area contributed by atoms with E-state index >= 15 is 0 Å². The lowest BCUT2D eigenvalue weighted by atomic mass is 9.73. The number of ether oxygens (including phenoxy) is 1. The van der Waals surface area contributed by atoms with E-state index in [0.29, 0.717) is 37.8 Å². The standard InChI is InChI=1S/C32H32N4O3/c33-19-23-8-10-25(11-9-23)26-12-13-29-28(18-26)34-30(36(29)20-24-6-7-24)21-39-22-32(27-4-2-1-3-5-27)14-16-35(17-15-32)31(37)38/h1-5,8-13,18,24H,6-7,14-17,20-22H2,(H,37,38). The maximum Gasteiger partial charge on any atom is 0.407 e. The normalized spacial score (nSPS) is 16.7. The fourth-order valence-corrected chi connectivity index (χ4v) is 5.74. The van der Waals surface area contributed by atoms with E-state index in [-0.39, 0.29) is 5.41 Å². The van der Waals surface area contributed by atoms with E-state index in [2.05, 4.69) is 41.0 Å². The van der Waals surface area contributed by atoms with Crippen LogP contribution in [0.25, 0.3) is 22.2 Å². The number of carboxylic acid groups (broad SMARTS) is 1. The number of piperidine rings is 1. The van der Waals surface area contributed by atoms with E-state index in [1.807, 2.05) is 42.5 Å². The molecule has 1 saturated heterocycles. The van der Waals surface area contributed by atoms with E-state index in [4.69, 9.17) is 15.0 Å². The number of hydrogen-bond acceptors (Lipinski definition) is 4. The third-order valence-electron chi connectivity index (χ3n) is 8.30. The number of fused-ring (bicyclic) bond motifs is 1. The molecule has 4 aromatic rings. The summed E-state index contributed by atoms with van der Waals surface area (Å²) in [5, 5.41) is 18.6. The van der Waals surface area contributed by atoms with Gasteiger partial charge in [0.15, 0.2) is 0 Å². The summed E-state index contributed by atoms with van der Waals surface area (Å²) < 4.78 is 8.76. The van der Waals surface area contributed by atoms with Crippen LogP contribution in [0.5, 0.6) is 0 Å². The molecule has 3 aromatic carbocycles. The molecule has 2 fully saturated rings. The Balaban J connectivity index is 1.24. The van der Waals surface area contributed by atoms with Crippen molar-refractivity contribution in [1.29, 1.82) is 5.26 Å². The van der Waals surface area contributed by atoms with Gasteiger partial charge in [-0.15, -0.1) is 0 Å². The largest absolute Gasteiger partial charge is 0.465 e. The van der Waals surface area contributed by atoms with Crippen molar-refractivity contribution in [2.45, 2.75) is 44.2 Å². The predicted molar refractivity (Wildman–Crippen MR) is 149 cm³/mol. The summed E-state index contributed by atoms with van der Waals surface area (Å²) in [6.45, 7) is 2.89. The molecule has 0 radical (unpaired) electrons. The highest BCUT2D eigenvalue weighted by molar-refractivity contribution is 5.82. The molecule has 0 atom stereocenters. The lowest BCUT2D eigenvalue weighted by molar-refractivity contribution is 0.0334. The Kier molecular flexibility index (Phi) is 6.80. The van der Waals surface area contributed by atoms with Gasteiger partial charge in [0.1, 0.15) is 12.4 Å². The average molecular weight is 521 g/mol. The van der Waals surface area contributed by atoms with Crippen molar-refractivity contribution in [3.8, 4) is 17.2 Å². The summed E-state index contributed by atoms with van der Waals surface area (Å²) in [7, 11) is 0. The minimum atomic E-state index is -0.855. The van der Waals surface area contributed by atoms with Crippen LogP contribution >= 0.6 is 0 Å². The van der Waals surface area contributed by atoms with Crippen LogP contribution in [0.15, 0.2) is 72.8 Å². The first kappa shape index (κ1) is 25.1. The van der Waals surface area contributed by atoms with Crippen molar-refractivity contribution >= 4 is 17.1 Å². The Labute approximate surface area is 228 Å². The number of aromatic nitrogens is 2. The first-order valence-electron chi connectivity index (χ1n) is 13.7. The molecule has 1 saturated carbocycles. The fourth-order valence-electron chi connectivity index (χ4n) is 5.74. The zero-order valence-corrected chi connectivity index (χ0v) is 21.9. The van der Waals surface area contributed by atoms with E-state index in [1.165, 1.54) is 23.3 Å². The molecule has 1 aliphatic carbocycles. The van der Waals surface area contributed by atoms with Crippen LogP contribution in [-0.4, -0.2) is 45.3 Å². The van der Waals surface area contributed by atoms with Crippen molar-refractivity contribution < 1.29 is 14.6 Å². The van der Waals surface area contributed by atoms with Crippen molar-refractivity contribution in [2.75, 3.05) is 19.7 Å². The van der Waals surface area contributed by atoms with Crippen LogP contribution < -0.4 is 0 Å². The average Bonchev–Trinajstić information content (AvgIpc) is 3.74. The number of benzene rings is 3. The highest BCUT2D eigenvalue weighted by Gasteiger charge is 2.38.